The van der Waals surface area contributed by atoms with Gasteiger partial charge in [0.05, 0.1) is 16.1 Å². The Balaban J connectivity index is 1.44. The SMILES string of the molecule is O=C(Nc1nc2ccccc2s1)C1CC(=O)N(C2CCCC2)C1. The number of fused-ring (bicyclic) bond motifs is 1. The number of para-hydroxylation sites is 1. The van der Waals surface area contributed by atoms with E-state index < -0.39 is 0 Å². The summed E-state index contributed by atoms with van der Waals surface area (Å²) in [7, 11) is 0. The molecule has 1 aliphatic carbocycles. The second kappa shape index (κ2) is 5.92. The topological polar surface area (TPSA) is 62.3 Å². The number of nitrogens with zero attached hydrogens (tertiary/aromatic N) is 2. The maximum atomic E-state index is 12.5. The zero-order chi connectivity index (χ0) is 15.8. The van der Waals surface area contributed by atoms with E-state index in [4.69, 9.17) is 0 Å². The summed E-state index contributed by atoms with van der Waals surface area (Å²) >= 11 is 1.47. The van der Waals surface area contributed by atoms with Crippen LogP contribution in [-0.4, -0.2) is 34.3 Å². The highest BCUT2D eigenvalue weighted by Crippen LogP contribution is 2.31. The lowest BCUT2D eigenvalue weighted by Gasteiger charge is -2.23. The lowest BCUT2D eigenvalue weighted by atomic mass is 10.1. The van der Waals surface area contributed by atoms with Crippen LogP contribution in [0.15, 0.2) is 24.3 Å². The maximum Gasteiger partial charge on any atom is 0.231 e. The smallest absolute Gasteiger partial charge is 0.231 e. The van der Waals surface area contributed by atoms with Gasteiger partial charge < -0.3 is 10.2 Å². The third kappa shape index (κ3) is 2.83. The Morgan fingerprint density at radius 3 is 2.83 bits per heavy atom. The average molecular weight is 329 g/mol. The van der Waals surface area contributed by atoms with Crippen LogP contribution in [0.5, 0.6) is 0 Å². The first-order valence-corrected chi connectivity index (χ1v) is 8.98. The van der Waals surface area contributed by atoms with Crippen LogP contribution >= 0.6 is 11.3 Å². The number of anilines is 1. The van der Waals surface area contributed by atoms with E-state index in [1.165, 1.54) is 24.2 Å². The van der Waals surface area contributed by atoms with Crippen LogP contribution in [0.2, 0.25) is 0 Å². The van der Waals surface area contributed by atoms with E-state index in [2.05, 4.69) is 10.3 Å². The molecule has 1 aromatic carbocycles. The zero-order valence-electron chi connectivity index (χ0n) is 12.8. The van der Waals surface area contributed by atoms with Crippen LogP contribution in [0.4, 0.5) is 5.13 Å². The van der Waals surface area contributed by atoms with Crippen LogP contribution in [0.1, 0.15) is 32.1 Å². The third-order valence-electron chi connectivity index (χ3n) is 4.82. The number of aromatic nitrogens is 1. The molecule has 1 saturated carbocycles. The summed E-state index contributed by atoms with van der Waals surface area (Å²) in [5, 5.41) is 3.51. The molecule has 6 heteroatoms. The van der Waals surface area contributed by atoms with Gasteiger partial charge in [0, 0.05) is 19.0 Å². The molecule has 1 aromatic heterocycles. The lowest BCUT2D eigenvalue weighted by molar-refractivity contribution is -0.129. The molecule has 1 saturated heterocycles. The maximum absolute atomic E-state index is 12.5. The van der Waals surface area contributed by atoms with Gasteiger partial charge in [0.2, 0.25) is 11.8 Å². The number of rotatable bonds is 3. The molecule has 0 radical (unpaired) electrons. The highest BCUT2D eigenvalue weighted by Gasteiger charge is 2.38. The Bertz CT molecular complexity index is 718. The van der Waals surface area contributed by atoms with E-state index in [0.717, 1.165) is 23.1 Å². The van der Waals surface area contributed by atoms with E-state index in [1.54, 1.807) is 0 Å². The van der Waals surface area contributed by atoms with Crippen molar-refractivity contribution < 1.29 is 9.59 Å². The molecule has 23 heavy (non-hydrogen) atoms. The van der Waals surface area contributed by atoms with Gasteiger partial charge in [-0.2, -0.15) is 0 Å². The predicted octanol–water partition coefficient (Wildman–Crippen LogP) is 3.03. The Kier molecular flexibility index (Phi) is 3.77. The van der Waals surface area contributed by atoms with Crippen molar-refractivity contribution in [3.63, 3.8) is 0 Å². The van der Waals surface area contributed by atoms with Crippen LogP contribution in [0.3, 0.4) is 0 Å². The van der Waals surface area contributed by atoms with Crippen molar-refractivity contribution in [2.24, 2.45) is 5.92 Å². The second-order valence-corrected chi connectivity index (χ2v) is 7.39. The molecule has 2 fully saturated rings. The fourth-order valence-corrected chi connectivity index (χ4v) is 4.48. The van der Waals surface area contributed by atoms with Crippen LogP contribution in [0.25, 0.3) is 10.2 Å². The first-order valence-electron chi connectivity index (χ1n) is 8.16. The molecule has 1 aliphatic heterocycles. The monoisotopic (exact) mass is 329 g/mol. The minimum atomic E-state index is -0.255. The molecule has 1 unspecified atom stereocenters. The quantitative estimate of drug-likeness (QED) is 0.941. The molecule has 5 nitrogen and oxygen atoms in total. The third-order valence-corrected chi connectivity index (χ3v) is 5.77. The minimum absolute atomic E-state index is 0.0853. The Morgan fingerprint density at radius 1 is 1.26 bits per heavy atom. The van der Waals surface area contributed by atoms with E-state index in [0.29, 0.717) is 24.1 Å². The number of benzene rings is 1. The Hall–Kier alpha value is -1.95. The summed E-state index contributed by atoms with van der Waals surface area (Å²) < 4.78 is 1.05. The molecule has 2 amide bonds. The van der Waals surface area contributed by atoms with Gasteiger partial charge >= 0.3 is 0 Å². The molecule has 1 N–H and O–H groups in total. The summed E-state index contributed by atoms with van der Waals surface area (Å²) in [6.45, 7) is 0.556. The summed E-state index contributed by atoms with van der Waals surface area (Å²) in [4.78, 5) is 31.0. The van der Waals surface area contributed by atoms with Gasteiger partial charge in [-0.15, -0.1) is 0 Å². The standard InChI is InChI=1S/C17H19N3O2S/c21-15-9-11(10-20(15)12-5-1-2-6-12)16(22)19-17-18-13-7-3-4-8-14(13)23-17/h3-4,7-8,11-12H,1-2,5-6,9-10H2,(H,18,19,22). The van der Waals surface area contributed by atoms with Crippen molar-refractivity contribution in [3.8, 4) is 0 Å². The largest absolute Gasteiger partial charge is 0.339 e. The van der Waals surface area contributed by atoms with Crippen molar-refractivity contribution in [1.29, 1.82) is 0 Å². The summed E-state index contributed by atoms with van der Waals surface area (Å²) in [6.07, 6.45) is 4.87. The molecular formula is C17H19N3O2S. The van der Waals surface area contributed by atoms with E-state index >= 15 is 0 Å². The molecule has 120 valence electrons. The molecule has 2 aromatic rings. The minimum Gasteiger partial charge on any atom is -0.339 e. The number of likely N-dealkylation sites (tertiary alicyclic amines) is 1. The van der Waals surface area contributed by atoms with Crippen molar-refractivity contribution in [2.75, 3.05) is 11.9 Å². The van der Waals surface area contributed by atoms with Gasteiger partial charge in [-0.05, 0) is 25.0 Å². The molecule has 2 aliphatic rings. The summed E-state index contributed by atoms with van der Waals surface area (Å²) in [5.41, 5.74) is 0.892. The van der Waals surface area contributed by atoms with Crippen LogP contribution in [-0.2, 0) is 9.59 Å². The number of amides is 2. The van der Waals surface area contributed by atoms with Gasteiger partial charge in [-0.1, -0.05) is 36.3 Å². The highest BCUT2D eigenvalue weighted by molar-refractivity contribution is 7.22. The van der Waals surface area contributed by atoms with E-state index in [1.807, 2.05) is 29.2 Å². The fourth-order valence-electron chi connectivity index (χ4n) is 3.61. The van der Waals surface area contributed by atoms with Crippen molar-refractivity contribution in [2.45, 2.75) is 38.1 Å². The Morgan fingerprint density at radius 2 is 2.04 bits per heavy atom. The van der Waals surface area contributed by atoms with Gasteiger partial charge in [-0.3, -0.25) is 9.59 Å². The molecule has 1 atom stereocenters. The van der Waals surface area contributed by atoms with Gasteiger partial charge in [0.1, 0.15) is 0 Å². The first-order chi connectivity index (χ1) is 11.2. The van der Waals surface area contributed by atoms with Crippen LogP contribution in [0, 0.1) is 5.92 Å². The molecule has 4 rings (SSSR count). The van der Waals surface area contributed by atoms with E-state index in [9.17, 15) is 9.59 Å². The van der Waals surface area contributed by atoms with Gasteiger partial charge in [0.15, 0.2) is 5.13 Å². The molecule has 0 bridgehead atoms. The lowest BCUT2D eigenvalue weighted by Crippen LogP contribution is -2.35. The normalized spacial score (nSPS) is 22.2. The Labute approximate surface area is 138 Å². The first kappa shape index (κ1) is 14.6. The van der Waals surface area contributed by atoms with E-state index in [-0.39, 0.29) is 17.7 Å². The molecule has 0 spiro atoms. The number of carbonyl (C=O) groups excluding carboxylic acids is 2. The molecule has 2 heterocycles. The highest BCUT2D eigenvalue weighted by atomic mass is 32.1. The number of carbonyl (C=O) groups is 2. The number of nitrogens with one attached hydrogen (secondary N) is 1. The number of hydrogen-bond donors (Lipinski definition) is 1. The summed E-state index contributed by atoms with van der Waals surface area (Å²) in [6, 6.07) is 8.17. The number of thiazole rings is 1. The van der Waals surface area contributed by atoms with Crippen molar-refractivity contribution in [3.05, 3.63) is 24.3 Å². The van der Waals surface area contributed by atoms with Crippen molar-refractivity contribution in [1.82, 2.24) is 9.88 Å². The average Bonchev–Trinajstić information content (AvgIpc) is 3.24. The molecular weight excluding hydrogens is 310 g/mol. The zero-order valence-corrected chi connectivity index (χ0v) is 13.6. The number of hydrogen-bond acceptors (Lipinski definition) is 4. The van der Waals surface area contributed by atoms with Gasteiger partial charge in [-0.25, -0.2) is 4.98 Å². The van der Waals surface area contributed by atoms with Gasteiger partial charge in [0.25, 0.3) is 0 Å². The fraction of sp³-hybridized carbons (Fsp3) is 0.471. The predicted molar refractivity (Wildman–Crippen MR) is 90.3 cm³/mol. The summed E-state index contributed by atoms with van der Waals surface area (Å²) in [5.74, 6) is -0.214. The van der Waals surface area contributed by atoms with Crippen LogP contribution < -0.4 is 5.32 Å². The second-order valence-electron chi connectivity index (χ2n) is 6.36. The van der Waals surface area contributed by atoms with Crippen molar-refractivity contribution >= 4 is 38.5 Å².